The van der Waals surface area contributed by atoms with Crippen LogP contribution < -0.4 is 9.47 Å². The van der Waals surface area contributed by atoms with Gasteiger partial charge in [0, 0.05) is 10.4 Å². The van der Waals surface area contributed by atoms with Gasteiger partial charge < -0.3 is 14.6 Å². The van der Waals surface area contributed by atoms with Gasteiger partial charge in [0.25, 0.3) is 0 Å². The predicted molar refractivity (Wildman–Crippen MR) is 97.0 cm³/mol. The Kier molecular flexibility index (Phi) is 5.53. The van der Waals surface area contributed by atoms with Crippen molar-refractivity contribution in [1.29, 1.82) is 0 Å². The summed E-state index contributed by atoms with van der Waals surface area (Å²) in [6.07, 6.45) is 0. The zero-order chi connectivity index (χ0) is 17.6. The second-order valence-electron chi connectivity index (χ2n) is 4.99. The second kappa shape index (κ2) is 8.00. The summed E-state index contributed by atoms with van der Waals surface area (Å²) in [7, 11) is 0. The largest absolute Gasteiger partial charge is 0.490 e. The van der Waals surface area contributed by atoms with Crippen LogP contribution in [0, 0.1) is 0 Å². The Balaban J connectivity index is 1.62. The molecule has 3 aromatic rings. The minimum absolute atomic E-state index is 0.0286. The number of para-hydroxylation sites is 1. The maximum atomic E-state index is 11.0. The van der Waals surface area contributed by atoms with E-state index in [1.54, 1.807) is 24.3 Å². The number of carboxylic acid groups (broad SMARTS) is 1. The first-order valence-electron chi connectivity index (χ1n) is 7.43. The van der Waals surface area contributed by atoms with E-state index in [0.717, 1.165) is 5.56 Å². The van der Waals surface area contributed by atoms with Gasteiger partial charge in [0.15, 0.2) is 5.69 Å². The van der Waals surface area contributed by atoms with Gasteiger partial charge in [-0.25, -0.2) is 9.78 Å². The van der Waals surface area contributed by atoms with Crippen LogP contribution in [-0.2, 0) is 0 Å². The lowest BCUT2D eigenvalue weighted by atomic mass is 10.2. The Hall–Kier alpha value is -2.57. The standard InChI is InChI=1S/C18H14ClNO4S/c19-12-5-7-13(8-6-12)23-9-10-24-16-4-2-1-3-14(16)17-20-15(11-25-17)18(21)22/h1-8,11H,9-10H2,(H,21,22). The predicted octanol–water partition coefficient (Wildman–Crippen LogP) is 4.62. The molecule has 0 aliphatic carbocycles. The number of ether oxygens (including phenoxy) is 2. The Morgan fingerprint density at radius 3 is 2.52 bits per heavy atom. The average molecular weight is 376 g/mol. The second-order valence-corrected chi connectivity index (χ2v) is 6.28. The van der Waals surface area contributed by atoms with Gasteiger partial charge in [0.2, 0.25) is 0 Å². The van der Waals surface area contributed by atoms with Crippen LogP contribution in [0.5, 0.6) is 11.5 Å². The van der Waals surface area contributed by atoms with Crippen molar-refractivity contribution < 1.29 is 19.4 Å². The molecule has 7 heteroatoms. The molecule has 3 rings (SSSR count). The van der Waals surface area contributed by atoms with E-state index < -0.39 is 5.97 Å². The van der Waals surface area contributed by atoms with Gasteiger partial charge in [-0.2, -0.15) is 0 Å². The molecule has 1 heterocycles. The molecule has 0 saturated carbocycles. The van der Waals surface area contributed by atoms with Gasteiger partial charge in [0.05, 0.1) is 5.56 Å². The van der Waals surface area contributed by atoms with Crippen molar-refractivity contribution >= 4 is 28.9 Å². The molecule has 2 aromatic carbocycles. The number of nitrogens with zero attached hydrogens (tertiary/aromatic N) is 1. The van der Waals surface area contributed by atoms with E-state index >= 15 is 0 Å². The summed E-state index contributed by atoms with van der Waals surface area (Å²) in [6.45, 7) is 0.713. The fourth-order valence-corrected chi connectivity index (χ4v) is 3.06. The van der Waals surface area contributed by atoms with E-state index in [-0.39, 0.29) is 5.69 Å². The lowest BCUT2D eigenvalue weighted by Crippen LogP contribution is -2.09. The molecule has 0 fully saturated rings. The van der Waals surface area contributed by atoms with Crippen LogP contribution in [0.3, 0.4) is 0 Å². The van der Waals surface area contributed by atoms with Crippen molar-refractivity contribution in [3.8, 4) is 22.1 Å². The fraction of sp³-hybridized carbons (Fsp3) is 0.111. The highest BCUT2D eigenvalue weighted by Crippen LogP contribution is 2.32. The Morgan fingerprint density at radius 1 is 1.08 bits per heavy atom. The topological polar surface area (TPSA) is 68.7 Å². The molecular weight excluding hydrogens is 362 g/mol. The number of carboxylic acids is 1. The SMILES string of the molecule is O=C(O)c1csc(-c2ccccc2OCCOc2ccc(Cl)cc2)n1. The van der Waals surface area contributed by atoms with Crippen molar-refractivity contribution in [1.82, 2.24) is 4.98 Å². The molecule has 0 amide bonds. The van der Waals surface area contributed by atoms with Gasteiger partial charge in [-0.3, -0.25) is 0 Å². The summed E-state index contributed by atoms with van der Waals surface area (Å²) in [5.74, 6) is 0.304. The number of hydrogen-bond acceptors (Lipinski definition) is 5. The molecule has 0 radical (unpaired) electrons. The monoisotopic (exact) mass is 375 g/mol. The smallest absolute Gasteiger partial charge is 0.355 e. The van der Waals surface area contributed by atoms with Gasteiger partial charge in [-0.05, 0) is 36.4 Å². The summed E-state index contributed by atoms with van der Waals surface area (Å²) in [4.78, 5) is 15.1. The molecule has 128 valence electrons. The molecule has 0 spiro atoms. The number of benzene rings is 2. The van der Waals surface area contributed by atoms with E-state index in [9.17, 15) is 4.79 Å². The van der Waals surface area contributed by atoms with E-state index in [1.165, 1.54) is 16.7 Å². The van der Waals surface area contributed by atoms with Gasteiger partial charge in [-0.1, -0.05) is 23.7 Å². The molecule has 5 nitrogen and oxygen atoms in total. The Bertz CT molecular complexity index is 864. The number of hydrogen-bond donors (Lipinski definition) is 1. The summed E-state index contributed by atoms with van der Waals surface area (Å²) in [5, 5.41) is 11.8. The van der Waals surface area contributed by atoms with Crippen LogP contribution in [0.1, 0.15) is 10.5 Å². The highest BCUT2D eigenvalue weighted by Gasteiger charge is 2.13. The summed E-state index contributed by atoms with van der Waals surface area (Å²) >= 11 is 7.09. The first-order chi connectivity index (χ1) is 12.1. The maximum Gasteiger partial charge on any atom is 0.355 e. The van der Waals surface area contributed by atoms with Crippen LogP contribution in [0.25, 0.3) is 10.6 Å². The Labute approximate surface area is 153 Å². The summed E-state index contributed by atoms with van der Waals surface area (Å²) in [5.41, 5.74) is 0.785. The fourth-order valence-electron chi connectivity index (χ4n) is 2.11. The molecule has 25 heavy (non-hydrogen) atoms. The first-order valence-corrected chi connectivity index (χ1v) is 8.68. The quantitative estimate of drug-likeness (QED) is 0.610. The normalized spacial score (nSPS) is 10.4. The van der Waals surface area contributed by atoms with Gasteiger partial charge in [-0.15, -0.1) is 11.3 Å². The lowest BCUT2D eigenvalue weighted by molar-refractivity contribution is 0.0691. The molecule has 0 bridgehead atoms. The van der Waals surface area contributed by atoms with Crippen molar-refractivity contribution in [2.45, 2.75) is 0 Å². The highest BCUT2D eigenvalue weighted by molar-refractivity contribution is 7.13. The van der Waals surface area contributed by atoms with Crippen LogP contribution in [-0.4, -0.2) is 29.3 Å². The van der Waals surface area contributed by atoms with Gasteiger partial charge >= 0.3 is 5.97 Å². The van der Waals surface area contributed by atoms with Crippen LogP contribution >= 0.6 is 22.9 Å². The first kappa shape index (κ1) is 17.3. The van der Waals surface area contributed by atoms with E-state index in [1.807, 2.05) is 24.3 Å². The summed E-state index contributed by atoms with van der Waals surface area (Å²) in [6, 6.07) is 14.5. The van der Waals surface area contributed by atoms with E-state index in [0.29, 0.717) is 34.7 Å². The van der Waals surface area contributed by atoms with Crippen molar-refractivity contribution in [3.63, 3.8) is 0 Å². The zero-order valence-electron chi connectivity index (χ0n) is 13.0. The van der Waals surface area contributed by atoms with Gasteiger partial charge in [0.1, 0.15) is 29.7 Å². The maximum absolute atomic E-state index is 11.0. The molecule has 0 aliphatic rings. The third-order valence-corrected chi connectivity index (χ3v) is 4.39. The van der Waals surface area contributed by atoms with Crippen LogP contribution in [0.15, 0.2) is 53.9 Å². The minimum Gasteiger partial charge on any atom is -0.490 e. The minimum atomic E-state index is -1.04. The number of aromatic nitrogens is 1. The van der Waals surface area contributed by atoms with Crippen molar-refractivity contribution in [3.05, 3.63) is 64.6 Å². The zero-order valence-corrected chi connectivity index (χ0v) is 14.6. The number of rotatable bonds is 7. The molecule has 0 saturated heterocycles. The third-order valence-electron chi connectivity index (χ3n) is 3.26. The van der Waals surface area contributed by atoms with Crippen LogP contribution in [0.2, 0.25) is 5.02 Å². The van der Waals surface area contributed by atoms with Crippen LogP contribution in [0.4, 0.5) is 0 Å². The molecule has 0 aliphatic heterocycles. The number of thiazole rings is 1. The molecule has 0 unspecified atom stereocenters. The Morgan fingerprint density at radius 2 is 1.80 bits per heavy atom. The van der Waals surface area contributed by atoms with Crippen molar-refractivity contribution in [2.75, 3.05) is 13.2 Å². The number of carbonyl (C=O) groups is 1. The van der Waals surface area contributed by atoms with Crippen molar-refractivity contribution in [2.24, 2.45) is 0 Å². The molecule has 1 N–H and O–H groups in total. The average Bonchev–Trinajstić information content (AvgIpc) is 3.11. The van der Waals surface area contributed by atoms with E-state index in [4.69, 9.17) is 26.2 Å². The highest BCUT2D eigenvalue weighted by atomic mass is 35.5. The molecular formula is C18H14ClNO4S. The number of halogens is 1. The molecule has 0 atom stereocenters. The lowest BCUT2D eigenvalue weighted by Gasteiger charge is -2.11. The summed E-state index contributed by atoms with van der Waals surface area (Å²) < 4.78 is 11.4. The van der Waals surface area contributed by atoms with E-state index in [2.05, 4.69) is 4.98 Å². The number of aromatic carboxylic acids is 1. The molecule has 1 aromatic heterocycles. The third kappa shape index (κ3) is 4.49.